The fourth-order valence-electron chi connectivity index (χ4n) is 2.71. The van der Waals surface area contributed by atoms with Crippen molar-refractivity contribution < 1.29 is 0 Å². The van der Waals surface area contributed by atoms with Gasteiger partial charge in [0, 0.05) is 22.2 Å². The van der Waals surface area contributed by atoms with E-state index in [1.165, 1.54) is 18.4 Å². The smallest absolute Gasteiger partial charge is 0.133 e. The van der Waals surface area contributed by atoms with Gasteiger partial charge in [0.1, 0.15) is 5.82 Å². The summed E-state index contributed by atoms with van der Waals surface area (Å²) in [6.45, 7) is 3.12. The van der Waals surface area contributed by atoms with E-state index in [0.29, 0.717) is 10.0 Å². The van der Waals surface area contributed by atoms with E-state index < -0.39 is 0 Å². The lowest BCUT2D eigenvalue weighted by molar-refractivity contribution is 0.765. The average molecular weight is 310 g/mol. The average Bonchev–Trinajstić information content (AvgIpc) is 2.59. The van der Waals surface area contributed by atoms with Gasteiger partial charge in [-0.3, -0.25) is 0 Å². The predicted molar refractivity (Wildman–Crippen MR) is 84.4 cm³/mol. The second-order valence-electron chi connectivity index (χ2n) is 5.05. The van der Waals surface area contributed by atoms with Crippen molar-refractivity contribution >= 4 is 29.0 Å². The lowest BCUT2D eigenvalue weighted by atomic mass is 10.1. The molecule has 1 N–H and O–H groups in total. The van der Waals surface area contributed by atoms with Crippen LogP contribution in [0.2, 0.25) is 10.0 Å². The third-order valence-corrected chi connectivity index (χ3v) is 4.08. The maximum Gasteiger partial charge on any atom is 0.133 e. The molecule has 20 heavy (non-hydrogen) atoms. The molecule has 0 amide bonds. The van der Waals surface area contributed by atoms with Gasteiger partial charge >= 0.3 is 0 Å². The van der Waals surface area contributed by atoms with Crippen LogP contribution in [-0.2, 0) is 12.8 Å². The maximum absolute atomic E-state index is 6.11. The number of aryl methyl sites for hydroxylation is 1. The summed E-state index contributed by atoms with van der Waals surface area (Å²) >= 11 is 12.2. The first-order valence-electron chi connectivity index (χ1n) is 7.00. The molecule has 2 heterocycles. The molecule has 3 nitrogen and oxygen atoms in total. The first-order chi connectivity index (χ1) is 9.69. The fourth-order valence-corrected chi connectivity index (χ4v) is 3.22. The summed E-state index contributed by atoms with van der Waals surface area (Å²) in [5.74, 6) is 1.10. The minimum Gasteiger partial charge on any atom is -0.370 e. The van der Waals surface area contributed by atoms with E-state index in [2.05, 4.69) is 12.2 Å². The topological polar surface area (TPSA) is 29.9 Å². The molecule has 0 saturated heterocycles. The van der Waals surface area contributed by atoms with Crippen molar-refractivity contribution in [1.82, 2.24) is 9.78 Å². The number of nitrogens with zero attached hydrogens (tertiary/aromatic N) is 2. The summed E-state index contributed by atoms with van der Waals surface area (Å²) in [6, 6.07) is 5.53. The molecule has 106 valence electrons. The number of hydrogen-bond donors (Lipinski definition) is 1. The third kappa shape index (κ3) is 2.52. The van der Waals surface area contributed by atoms with E-state index in [1.807, 2.05) is 16.8 Å². The van der Waals surface area contributed by atoms with Crippen molar-refractivity contribution in [1.29, 1.82) is 0 Å². The molecule has 0 fully saturated rings. The van der Waals surface area contributed by atoms with E-state index in [-0.39, 0.29) is 0 Å². The van der Waals surface area contributed by atoms with Crippen LogP contribution in [0.4, 0.5) is 5.82 Å². The lowest BCUT2D eigenvalue weighted by Gasteiger charge is -2.10. The molecule has 0 unspecified atom stereocenters. The molecule has 0 atom stereocenters. The van der Waals surface area contributed by atoms with Gasteiger partial charge in [-0.05, 0) is 43.9 Å². The summed E-state index contributed by atoms with van der Waals surface area (Å²) < 4.78 is 1.94. The molecule has 1 aromatic carbocycles. The Hall–Kier alpha value is -1.19. The Morgan fingerprint density at radius 3 is 2.65 bits per heavy atom. The predicted octanol–water partition coefficient (Wildman–Crippen LogP) is 4.49. The van der Waals surface area contributed by atoms with Gasteiger partial charge in [0.2, 0.25) is 0 Å². The zero-order chi connectivity index (χ0) is 14.1. The summed E-state index contributed by atoms with van der Waals surface area (Å²) in [4.78, 5) is 0. The van der Waals surface area contributed by atoms with Gasteiger partial charge in [-0.15, -0.1) is 0 Å². The Morgan fingerprint density at radius 2 is 1.95 bits per heavy atom. The number of benzene rings is 1. The third-order valence-electron chi connectivity index (χ3n) is 3.64. The highest BCUT2D eigenvalue weighted by atomic mass is 35.5. The van der Waals surface area contributed by atoms with Crippen molar-refractivity contribution in [2.24, 2.45) is 0 Å². The fraction of sp³-hybridized carbons (Fsp3) is 0.400. The first-order valence-corrected chi connectivity index (χ1v) is 7.75. The first kappa shape index (κ1) is 13.8. The van der Waals surface area contributed by atoms with E-state index in [9.17, 15) is 0 Å². The van der Waals surface area contributed by atoms with Crippen LogP contribution in [0.25, 0.3) is 5.69 Å². The van der Waals surface area contributed by atoms with Gasteiger partial charge in [0.25, 0.3) is 0 Å². The minimum atomic E-state index is 0.628. The van der Waals surface area contributed by atoms with Crippen LogP contribution in [0.5, 0.6) is 0 Å². The molecule has 0 bridgehead atoms. The summed E-state index contributed by atoms with van der Waals surface area (Å²) in [6.07, 6.45) is 4.41. The van der Waals surface area contributed by atoms with Crippen LogP contribution in [0, 0.1) is 0 Å². The summed E-state index contributed by atoms with van der Waals surface area (Å²) in [5.41, 5.74) is 3.40. The van der Waals surface area contributed by atoms with Crippen molar-refractivity contribution in [3.8, 4) is 5.69 Å². The summed E-state index contributed by atoms with van der Waals surface area (Å²) in [7, 11) is 0. The molecule has 0 radical (unpaired) electrons. The van der Waals surface area contributed by atoms with Gasteiger partial charge in [-0.25, -0.2) is 4.68 Å². The number of anilines is 1. The van der Waals surface area contributed by atoms with Crippen LogP contribution < -0.4 is 5.32 Å². The van der Waals surface area contributed by atoms with E-state index in [4.69, 9.17) is 28.3 Å². The zero-order valence-electron chi connectivity index (χ0n) is 11.4. The second-order valence-corrected chi connectivity index (χ2v) is 5.92. The molecule has 5 heteroatoms. The number of nitrogens with one attached hydrogen (secondary N) is 1. The van der Waals surface area contributed by atoms with Crippen molar-refractivity contribution in [3.05, 3.63) is 39.5 Å². The Morgan fingerprint density at radius 1 is 1.20 bits per heavy atom. The Bertz CT molecular complexity index is 614. The Kier molecular flexibility index (Phi) is 3.90. The largest absolute Gasteiger partial charge is 0.370 e. The standard InChI is InChI=1S/C15H17Cl2N3/c1-2-14-13-5-3-4-6-18-15(13)20(19-14)12-8-10(16)7-11(17)9-12/h7-9,18H,2-6H2,1H3. The summed E-state index contributed by atoms with van der Waals surface area (Å²) in [5, 5.41) is 9.50. The van der Waals surface area contributed by atoms with Crippen LogP contribution in [0.3, 0.4) is 0 Å². The van der Waals surface area contributed by atoms with E-state index in [0.717, 1.165) is 36.6 Å². The molecule has 0 spiro atoms. The second kappa shape index (κ2) is 5.66. The molecule has 2 aromatic rings. The van der Waals surface area contributed by atoms with E-state index >= 15 is 0 Å². The molecule has 0 saturated carbocycles. The number of aromatic nitrogens is 2. The molecule has 1 aromatic heterocycles. The van der Waals surface area contributed by atoms with Crippen molar-refractivity contribution in [2.75, 3.05) is 11.9 Å². The molecule has 0 aliphatic carbocycles. The van der Waals surface area contributed by atoms with Gasteiger partial charge in [0.15, 0.2) is 0 Å². The van der Waals surface area contributed by atoms with E-state index in [1.54, 1.807) is 6.07 Å². The molecular weight excluding hydrogens is 293 g/mol. The normalized spacial score (nSPS) is 14.6. The zero-order valence-corrected chi connectivity index (χ0v) is 12.9. The van der Waals surface area contributed by atoms with Crippen molar-refractivity contribution in [2.45, 2.75) is 32.6 Å². The number of hydrogen-bond acceptors (Lipinski definition) is 2. The molecule has 1 aliphatic rings. The molecular formula is C15H17Cl2N3. The van der Waals surface area contributed by atoms with Gasteiger partial charge < -0.3 is 5.32 Å². The highest BCUT2D eigenvalue weighted by Gasteiger charge is 2.19. The Labute approximate surface area is 128 Å². The monoisotopic (exact) mass is 309 g/mol. The molecule has 3 rings (SSSR count). The van der Waals surface area contributed by atoms with Crippen molar-refractivity contribution in [3.63, 3.8) is 0 Å². The van der Waals surface area contributed by atoms with Gasteiger partial charge in [0.05, 0.1) is 11.4 Å². The van der Waals surface area contributed by atoms with Crippen LogP contribution in [0.15, 0.2) is 18.2 Å². The van der Waals surface area contributed by atoms with Gasteiger partial charge in [-0.1, -0.05) is 30.1 Å². The highest BCUT2D eigenvalue weighted by Crippen LogP contribution is 2.30. The van der Waals surface area contributed by atoms with Crippen LogP contribution >= 0.6 is 23.2 Å². The number of rotatable bonds is 2. The Balaban J connectivity index is 2.15. The van der Waals surface area contributed by atoms with Crippen LogP contribution in [0.1, 0.15) is 31.0 Å². The lowest BCUT2D eigenvalue weighted by Crippen LogP contribution is -2.07. The van der Waals surface area contributed by atoms with Gasteiger partial charge in [-0.2, -0.15) is 5.10 Å². The highest BCUT2D eigenvalue weighted by molar-refractivity contribution is 6.34. The number of halogens is 2. The SMILES string of the molecule is CCc1nn(-c2cc(Cl)cc(Cl)c2)c2c1CCCCN2. The number of fused-ring (bicyclic) bond motifs is 1. The maximum atomic E-state index is 6.11. The molecule has 1 aliphatic heterocycles. The van der Waals surface area contributed by atoms with Crippen LogP contribution in [-0.4, -0.2) is 16.3 Å². The quantitative estimate of drug-likeness (QED) is 0.885. The minimum absolute atomic E-state index is 0.628.